The summed E-state index contributed by atoms with van der Waals surface area (Å²) in [5.41, 5.74) is 0. The first-order valence-electron chi connectivity index (χ1n) is 26.7. The smallest absolute Gasteiger partial charge is 0.306 e. The molecule has 0 amide bonds. The van der Waals surface area contributed by atoms with E-state index >= 15 is 0 Å². The van der Waals surface area contributed by atoms with Crippen LogP contribution < -0.4 is 0 Å². The summed E-state index contributed by atoms with van der Waals surface area (Å²) in [5, 5.41) is 0. The van der Waals surface area contributed by atoms with E-state index in [2.05, 4.69) is 118 Å². The molecule has 0 aromatic rings. The van der Waals surface area contributed by atoms with E-state index in [1.807, 2.05) is 0 Å². The van der Waals surface area contributed by atoms with E-state index in [9.17, 15) is 14.4 Å². The third-order valence-corrected chi connectivity index (χ3v) is 11.0. The standard InChI is InChI=1S/C59H98O6/c1-4-7-10-13-16-19-22-25-27-29-31-34-37-40-43-46-49-52-58(61)64-55-56(54-63-57(60)51-48-45-42-39-36-33-24-21-18-15-12-9-6-3)65-59(62)53-50-47-44-41-38-35-32-30-28-26-23-20-17-14-11-8-5-2/h16-17,19-21,24-28,31-32,34-35,41,44,56H,4-15,18,22-23,29-30,33,36-40,42-43,45-55H2,1-3H3/b19-16-,20-17-,24-21-,27-25-,28-26-,34-31-,35-32-,44-41-/t56-/m0/s1. The second-order valence-electron chi connectivity index (χ2n) is 17.4. The number of unbranched alkanes of at least 4 members (excludes halogenated alkanes) is 20. The summed E-state index contributed by atoms with van der Waals surface area (Å²) in [7, 11) is 0. The predicted octanol–water partition coefficient (Wildman–Crippen LogP) is 17.8. The van der Waals surface area contributed by atoms with Gasteiger partial charge < -0.3 is 14.2 Å². The van der Waals surface area contributed by atoms with Crippen LogP contribution in [0.15, 0.2) is 97.2 Å². The van der Waals surface area contributed by atoms with Crippen LogP contribution in [0.5, 0.6) is 0 Å². The summed E-state index contributed by atoms with van der Waals surface area (Å²) in [4.78, 5) is 38.0. The number of rotatable bonds is 47. The van der Waals surface area contributed by atoms with Crippen LogP contribution in [0.3, 0.4) is 0 Å². The third kappa shape index (κ3) is 51.2. The Labute approximate surface area is 400 Å². The van der Waals surface area contributed by atoms with Gasteiger partial charge in [0.2, 0.25) is 0 Å². The van der Waals surface area contributed by atoms with Crippen LogP contribution in [-0.2, 0) is 28.6 Å². The lowest BCUT2D eigenvalue weighted by atomic mass is 10.1. The van der Waals surface area contributed by atoms with Crippen LogP contribution in [0.25, 0.3) is 0 Å². The highest BCUT2D eigenvalue weighted by Crippen LogP contribution is 2.12. The van der Waals surface area contributed by atoms with Crippen LogP contribution in [0, 0.1) is 0 Å². The second-order valence-corrected chi connectivity index (χ2v) is 17.4. The number of ether oxygens (including phenoxy) is 3. The van der Waals surface area contributed by atoms with Crippen molar-refractivity contribution in [3.63, 3.8) is 0 Å². The Bertz CT molecular complexity index is 1310. The highest BCUT2D eigenvalue weighted by atomic mass is 16.6. The van der Waals surface area contributed by atoms with Gasteiger partial charge in [0.15, 0.2) is 6.10 Å². The van der Waals surface area contributed by atoms with Gasteiger partial charge in [-0.05, 0) is 122 Å². The first-order valence-corrected chi connectivity index (χ1v) is 26.7. The first kappa shape index (κ1) is 61.3. The molecule has 0 saturated carbocycles. The largest absolute Gasteiger partial charge is 0.462 e. The average molecular weight is 903 g/mol. The minimum absolute atomic E-state index is 0.112. The number of hydrogen-bond donors (Lipinski definition) is 0. The molecule has 6 nitrogen and oxygen atoms in total. The molecule has 0 aromatic carbocycles. The summed E-state index contributed by atoms with van der Waals surface area (Å²) in [6, 6.07) is 0. The molecule has 0 saturated heterocycles. The zero-order valence-corrected chi connectivity index (χ0v) is 42.2. The van der Waals surface area contributed by atoms with Gasteiger partial charge in [-0.3, -0.25) is 14.4 Å². The molecule has 0 rings (SSSR count). The first-order chi connectivity index (χ1) is 32.0. The Kier molecular flexibility index (Phi) is 50.0. The van der Waals surface area contributed by atoms with Gasteiger partial charge in [0, 0.05) is 19.3 Å². The van der Waals surface area contributed by atoms with Crippen molar-refractivity contribution in [2.24, 2.45) is 0 Å². The van der Waals surface area contributed by atoms with Crippen LogP contribution >= 0.6 is 0 Å². The van der Waals surface area contributed by atoms with Crippen molar-refractivity contribution in [2.75, 3.05) is 13.2 Å². The summed E-state index contributed by atoms with van der Waals surface area (Å²) < 4.78 is 16.7. The molecule has 0 spiro atoms. The van der Waals surface area contributed by atoms with Gasteiger partial charge in [-0.25, -0.2) is 0 Å². The fourth-order valence-corrected chi connectivity index (χ4v) is 6.96. The Balaban J connectivity index is 4.54. The lowest BCUT2D eigenvalue weighted by molar-refractivity contribution is -0.167. The predicted molar refractivity (Wildman–Crippen MR) is 279 cm³/mol. The molecule has 370 valence electrons. The van der Waals surface area contributed by atoms with Gasteiger partial charge in [0.05, 0.1) is 0 Å². The maximum Gasteiger partial charge on any atom is 0.306 e. The number of hydrogen-bond acceptors (Lipinski definition) is 6. The van der Waals surface area contributed by atoms with Gasteiger partial charge in [-0.2, -0.15) is 0 Å². The third-order valence-electron chi connectivity index (χ3n) is 11.0. The minimum atomic E-state index is -0.819. The summed E-state index contributed by atoms with van der Waals surface area (Å²) in [6.07, 6.45) is 69.6. The maximum absolute atomic E-state index is 12.8. The Hall–Kier alpha value is -3.67. The van der Waals surface area contributed by atoms with E-state index in [0.29, 0.717) is 19.3 Å². The Morgan fingerprint density at radius 1 is 0.308 bits per heavy atom. The van der Waals surface area contributed by atoms with Crippen LogP contribution in [0.4, 0.5) is 0 Å². The molecule has 0 aliphatic carbocycles. The monoisotopic (exact) mass is 903 g/mol. The fourth-order valence-electron chi connectivity index (χ4n) is 6.96. The average Bonchev–Trinajstić information content (AvgIpc) is 3.30. The van der Waals surface area contributed by atoms with E-state index in [-0.39, 0.29) is 37.5 Å². The Morgan fingerprint density at radius 3 is 0.954 bits per heavy atom. The number of carbonyl (C=O) groups excluding carboxylic acids is 3. The fraction of sp³-hybridized carbons (Fsp3) is 0.678. The lowest BCUT2D eigenvalue weighted by Crippen LogP contribution is -2.30. The molecule has 0 aliphatic rings. The van der Waals surface area contributed by atoms with Crippen LogP contribution in [0.1, 0.15) is 239 Å². The molecule has 0 fully saturated rings. The van der Waals surface area contributed by atoms with Gasteiger partial charge >= 0.3 is 17.9 Å². The number of allylic oxidation sites excluding steroid dienone is 16. The molecule has 0 unspecified atom stereocenters. The zero-order chi connectivity index (χ0) is 47.2. The van der Waals surface area contributed by atoms with E-state index < -0.39 is 6.10 Å². The van der Waals surface area contributed by atoms with Gasteiger partial charge in [-0.1, -0.05) is 195 Å². The molecule has 6 heteroatoms. The molecule has 65 heavy (non-hydrogen) atoms. The van der Waals surface area contributed by atoms with Crippen molar-refractivity contribution < 1.29 is 28.6 Å². The van der Waals surface area contributed by atoms with Gasteiger partial charge in [0.25, 0.3) is 0 Å². The lowest BCUT2D eigenvalue weighted by Gasteiger charge is -2.18. The molecule has 1 atom stereocenters. The van der Waals surface area contributed by atoms with Crippen molar-refractivity contribution >= 4 is 17.9 Å². The van der Waals surface area contributed by atoms with E-state index in [1.54, 1.807) is 0 Å². The quantitative estimate of drug-likeness (QED) is 0.0262. The van der Waals surface area contributed by atoms with Crippen LogP contribution in [0.2, 0.25) is 0 Å². The Morgan fingerprint density at radius 2 is 0.569 bits per heavy atom. The molecule has 0 aromatic heterocycles. The van der Waals surface area contributed by atoms with E-state index in [4.69, 9.17) is 14.2 Å². The maximum atomic E-state index is 12.8. The molecule has 0 radical (unpaired) electrons. The SMILES string of the molecule is CCCCC/C=C\C/C=C\C/C=C\C/C=C\CCCC(=O)O[C@H](COC(=O)CCCCCC/C=C\C/C=C\C/C=C\CCCCC)COC(=O)CCCCCCC/C=C\CCCCCC. The molecular formula is C59H98O6. The molecule has 0 N–H and O–H groups in total. The normalized spacial score (nSPS) is 12.8. The van der Waals surface area contributed by atoms with Gasteiger partial charge in [-0.15, -0.1) is 0 Å². The topological polar surface area (TPSA) is 78.9 Å². The molecule has 0 aliphatic heterocycles. The zero-order valence-electron chi connectivity index (χ0n) is 42.2. The molecule has 0 bridgehead atoms. The number of esters is 3. The minimum Gasteiger partial charge on any atom is -0.462 e. The highest BCUT2D eigenvalue weighted by Gasteiger charge is 2.19. The van der Waals surface area contributed by atoms with E-state index in [1.165, 1.54) is 89.9 Å². The van der Waals surface area contributed by atoms with Gasteiger partial charge in [0.1, 0.15) is 13.2 Å². The summed E-state index contributed by atoms with van der Waals surface area (Å²) in [6.45, 7) is 6.49. The molecule has 0 heterocycles. The summed E-state index contributed by atoms with van der Waals surface area (Å²) >= 11 is 0. The van der Waals surface area contributed by atoms with E-state index in [0.717, 1.165) is 103 Å². The van der Waals surface area contributed by atoms with Crippen molar-refractivity contribution in [1.82, 2.24) is 0 Å². The molecular weight excluding hydrogens is 805 g/mol. The van der Waals surface area contributed by atoms with Crippen molar-refractivity contribution in [2.45, 2.75) is 245 Å². The van der Waals surface area contributed by atoms with Crippen molar-refractivity contribution in [3.05, 3.63) is 97.2 Å². The van der Waals surface area contributed by atoms with Crippen molar-refractivity contribution in [1.29, 1.82) is 0 Å². The summed E-state index contributed by atoms with van der Waals surface area (Å²) in [5.74, 6) is -1.00. The second kappa shape index (κ2) is 52.9. The van der Waals surface area contributed by atoms with Crippen molar-refractivity contribution in [3.8, 4) is 0 Å². The van der Waals surface area contributed by atoms with Crippen LogP contribution in [-0.4, -0.2) is 37.2 Å². The number of carbonyl (C=O) groups is 3. The highest BCUT2D eigenvalue weighted by molar-refractivity contribution is 5.71.